The van der Waals surface area contributed by atoms with Gasteiger partial charge in [-0.15, -0.1) is 0 Å². The Morgan fingerprint density at radius 2 is 2.00 bits per heavy atom. The zero-order valence-electron chi connectivity index (χ0n) is 10.6. The molecule has 2 rings (SSSR count). The van der Waals surface area contributed by atoms with Crippen molar-refractivity contribution in [3.8, 4) is 0 Å². The first-order valence-corrected chi connectivity index (χ1v) is 6.89. The van der Waals surface area contributed by atoms with E-state index in [-0.39, 0.29) is 0 Å². The van der Waals surface area contributed by atoms with Crippen LogP contribution >= 0.6 is 23.2 Å². The number of rotatable bonds is 4. The molecule has 17 heavy (non-hydrogen) atoms. The van der Waals surface area contributed by atoms with Crippen LogP contribution in [-0.4, -0.2) is 6.54 Å². The van der Waals surface area contributed by atoms with Crippen LogP contribution in [0.2, 0.25) is 10.0 Å². The highest BCUT2D eigenvalue weighted by Crippen LogP contribution is 2.57. The van der Waals surface area contributed by atoms with E-state index >= 15 is 0 Å². The van der Waals surface area contributed by atoms with Crippen LogP contribution in [0.4, 0.5) is 0 Å². The molecule has 0 spiro atoms. The number of nitrogens with one attached hydrogen (secondary N) is 1. The largest absolute Gasteiger partial charge is 0.310 e. The maximum atomic E-state index is 6.09. The molecule has 1 N–H and O–H groups in total. The van der Waals surface area contributed by atoms with Gasteiger partial charge < -0.3 is 5.32 Å². The number of halogens is 2. The van der Waals surface area contributed by atoms with Crippen LogP contribution in [0.3, 0.4) is 0 Å². The van der Waals surface area contributed by atoms with Gasteiger partial charge in [0.05, 0.1) is 10.0 Å². The monoisotopic (exact) mass is 271 g/mol. The normalized spacial score (nSPS) is 23.5. The summed E-state index contributed by atoms with van der Waals surface area (Å²) in [5.41, 5.74) is 1.69. The Morgan fingerprint density at radius 3 is 2.47 bits per heavy atom. The number of hydrogen-bond acceptors (Lipinski definition) is 1. The molecule has 1 saturated carbocycles. The third kappa shape index (κ3) is 2.78. The summed E-state index contributed by atoms with van der Waals surface area (Å²) in [5, 5.41) is 4.83. The Labute approximate surface area is 114 Å². The molecule has 0 heterocycles. The van der Waals surface area contributed by atoms with Crippen LogP contribution in [-0.2, 0) is 0 Å². The first kappa shape index (κ1) is 13.2. The van der Waals surface area contributed by atoms with Crippen molar-refractivity contribution in [2.24, 2.45) is 11.3 Å². The van der Waals surface area contributed by atoms with Crippen LogP contribution in [0.1, 0.15) is 38.8 Å². The molecule has 1 nitrogen and oxygen atoms in total. The lowest BCUT2D eigenvalue weighted by Gasteiger charge is -2.20. The van der Waals surface area contributed by atoms with E-state index in [1.165, 1.54) is 12.0 Å². The molecule has 1 aromatic rings. The van der Waals surface area contributed by atoms with Crippen LogP contribution in [0.25, 0.3) is 0 Å². The fourth-order valence-electron chi connectivity index (χ4n) is 2.50. The summed E-state index contributed by atoms with van der Waals surface area (Å²) in [5.74, 6) is 0.694. The van der Waals surface area contributed by atoms with E-state index in [0.29, 0.717) is 27.4 Å². The third-order valence-corrected chi connectivity index (χ3v) is 4.46. The molecule has 94 valence electrons. The predicted molar refractivity (Wildman–Crippen MR) is 74.8 cm³/mol. The highest BCUT2D eigenvalue weighted by atomic mass is 35.5. The molecule has 0 aliphatic heterocycles. The van der Waals surface area contributed by atoms with Crippen molar-refractivity contribution in [2.45, 2.75) is 33.2 Å². The molecule has 1 aromatic carbocycles. The zero-order chi connectivity index (χ0) is 12.6. The fourth-order valence-corrected chi connectivity index (χ4v) is 2.80. The second kappa shape index (κ2) is 4.79. The SMILES string of the molecule is CCNC(c1ccc(Cl)c(Cl)c1)C1CC1(C)C. The Bertz CT molecular complexity index is 415. The first-order chi connectivity index (χ1) is 7.95. The molecular formula is C14H19Cl2N. The van der Waals surface area contributed by atoms with Gasteiger partial charge in [0.1, 0.15) is 0 Å². The molecule has 2 unspecified atom stereocenters. The quantitative estimate of drug-likeness (QED) is 0.838. The van der Waals surface area contributed by atoms with E-state index in [9.17, 15) is 0 Å². The summed E-state index contributed by atoms with van der Waals surface area (Å²) in [7, 11) is 0. The highest BCUT2D eigenvalue weighted by molar-refractivity contribution is 6.42. The molecule has 1 aliphatic carbocycles. The minimum atomic E-state index is 0.393. The van der Waals surface area contributed by atoms with Crippen LogP contribution in [0, 0.1) is 11.3 Å². The van der Waals surface area contributed by atoms with Crippen molar-refractivity contribution < 1.29 is 0 Å². The Hall–Kier alpha value is -0.240. The molecule has 0 bridgehead atoms. The van der Waals surface area contributed by atoms with Crippen molar-refractivity contribution in [1.82, 2.24) is 5.32 Å². The summed E-state index contributed by atoms with van der Waals surface area (Å²) in [4.78, 5) is 0. The van der Waals surface area contributed by atoms with Gasteiger partial charge in [-0.05, 0) is 42.0 Å². The minimum Gasteiger partial charge on any atom is -0.310 e. The van der Waals surface area contributed by atoms with E-state index in [4.69, 9.17) is 23.2 Å². The van der Waals surface area contributed by atoms with Crippen LogP contribution < -0.4 is 5.32 Å². The minimum absolute atomic E-state index is 0.393. The number of hydrogen-bond donors (Lipinski definition) is 1. The average molecular weight is 272 g/mol. The van der Waals surface area contributed by atoms with Crippen LogP contribution in [0.15, 0.2) is 18.2 Å². The van der Waals surface area contributed by atoms with Crippen molar-refractivity contribution in [3.63, 3.8) is 0 Å². The molecule has 0 aromatic heterocycles. The number of benzene rings is 1. The molecule has 0 amide bonds. The van der Waals surface area contributed by atoms with E-state index < -0.39 is 0 Å². The lowest BCUT2D eigenvalue weighted by Crippen LogP contribution is -2.24. The average Bonchev–Trinajstić information content (AvgIpc) is 2.88. The van der Waals surface area contributed by atoms with Gasteiger partial charge in [0.25, 0.3) is 0 Å². The van der Waals surface area contributed by atoms with Gasteiger partial charge >= 0.3 is 0 Å². The maximum Gasteiger partial charge on any atom is 0.0595 e. The lowest BCUT2D eigenvalue weighted by atomic mass is 9.97. The van der Waals surface area contributed by atoms with Gasteiger partial charge in [-0.3, -0.25) is 0 Å². The van der Waals surface area contributed by atoms with E-state index in [0.717, 1.165) is 6.54 Å². The molecule has 0 saturated heterocycles. The predicted octanol–water partition coefficient (Wildman–Crippen LogP) is 4.69. The van der Waals surface area contributed by atoms with Gasteiger partial charge in [0, 0.05) is 6.04 Å². The van der Waals surface area contributed by atoms with Gasteiger partial charge in [0.2, 0.25) is 0 Å². The highest BCUT2D eigenvalue weighted by Gasteiger charge is 2.50. The summed E-state index contributed by atoms with van der Waals surface area (Å²) in [6.07, 6.45) is 1.27. The molecular weight excluding hydrogens is 253 g/mol. The lowest BCUT2D eigenvalue weighted by molar-refractivity contribution is 0.423. The maximum absolute atomic E-state index is 6.09. The summed E-state index contributed by atoms with van der Waals surface area (Å²) in [6, 6.07) is 6.35. The molecule has 3 heteroatoms. The first-order valence-electron chi connectivity index (χ1n) is 6.14. The standard InChI is InChI=1S/C14H19Cl2N/c1-4-17-13(10-8-14(10,2)3)9-5-6-11(15)12(16)7-9/h5-7,10,13,17H,4,8H2,1-3H3. The van der Waals surface area contributed by atoms with E-state index in [2.05, 4.69) is 32.2 Å². The summed E-state index contributed by atoms with van der Waals surface area (Å²) in [6.45, 7) is 7.75. The zero-order valence-corrected chi connectivity index (χ0v) is 12.1. The summed E-state index contributed by atoms with van der Waals surface area (Å²) < 4.78 is 0. The van der Waals surface area contributed by atoms with Gasteiger partial charge in [-0.2, -0.15) is 0 Å². The topological polar surface area (TPSA) is 12.0 Å². The second-order valence-electron chi connectivity index (χ2n) is 5.51. The molecule has 2 atom stereocenters. The van der Waals surface area contributed by atoms with Crippen molar-refractivity contribution >= 4 is 23.2 Å². The molecule has 1 aliphatic rings. The second-order valence-corrected chi connectivity index (χ2v) is 6.32. The molecule has 0 radical (unpaired) electrons. The van der Waals surface area contributed by atoms with E-state index in [1.807, 2.05) is 12.1 Å². The molecule has 1 fully saturated rings. The van der Waals surface area contributed by atoms with Gasteiger partial charge in [-0.1, -0.05) is 50.0 Å². The Balaban J connectivity index is 2.24. The van der Waals surface area contributed by atoms with Gasteiger partial charge in [0.15, 0.2) is 0 Å². The Kier molecular flexibility index (Phi) is 3.72. The summed E-state index contributed by atoms with van der Waals surface area (Å²) >= 11 is 12.1. The van der Waals surface area contributed by atoms with Crippen LogP contribution in [0.5, 0.6) is 0 Å². The van der Waals surface area contributed by atoms with Gasteiger partial charge in [-0.25, -0.2) is 0 Å². The van der Waals surface area contributed by atoms with E-state index in [1.54, 1.807) is 0 Å². The fraction of sp³-hybridized carbons (Fsp3) is 0.571. The van der Waals surface area contributed by atoms with Crippen molar-refractivity contribution in [1.29, 1.82) is 0 Å². The van der Waals surface area contributed by atoms with Crippen molar-refractivity contribution in [2.75, 3.05) is 6.54 Å². The Morgan fingerprint density at radius 1 is 1.35 bits per heavy atom. The third-order valence-electron chi connectivity index (χ3n) is 3.72. The smallest absolute Gasteiger partial charge is 0.0595 e. The van der Waals surface area contributed by atoms with Crippen molar-refractivity contribution in [3.05, 3.63) is 33.8 Å².